The Morgan fingerprint density at radius 3 is 2.35 bits per heavy atom. The first-order valence-electron chi connectivity index (χ1n) is 6.41. The average Bonchev–Trinajstić information content (AvgIpc) is 2.44. The van der Waals surface area contributed by atoms with Gasteiger partial charge in [-0.2, -0.15) is 0 Å². The molecule has 0 aromatic heterocycles. The van der Waals surface area contributed by atoms with E-state index in [9.17, 15) is 17.6 Å². The zero-order valence-corrected chi connectivity index (χ0v) is 14.3. The molecule has 0 heterocycles. The first-order valence-corrected chi connectivity index (χ1v) is 9.05. The normalized spacial score (nSPS) is 11.3. The van der Waals surface area contributed by atoms with Gasteiger partial charge in [0.15, 0.2) is 9.84 Å². The molecule has 0 bridgehead atoms. The number of hydrogen-bond donors (Lipinski definition) is 1. The van der Waals surface area contributed by atoms with Gasteiger partial charge in [-0.15, -0.1) is 0 Å². The third-order valence-corrected chi connectivity index (χ3v) is 4.86. The van der Waals surface area contributed by atoms with Gasteiger partial charge in [0.1, 0.15) is 5.82 Å². The van der Waals surface area contributed by atoms with E-state index in [1.54, 1.807) is 18.2 Å². The van der Waals surface area contributed by atoms with Gasteiger partial charge in [-0.05, 0) is 35.9 Å². The van der Waals surface area contributed by atoms with Crippen LogP contribution in [0.2, 0.25) is 10.0 Å². The highest BCUT2D eigenvalue weighted by Gasteiger charge is 2.15. The van der Waals surface area contributed by atoms with Crippen LogP contribution in [-0.4, -0.2) is 20.6 Å². The van der Waals surface area contributed by atoms with E-state index in [1.165, 1.54) is 0 Å². The molecule has 0 unspecified atom stereocenters. The molecule has 8 heteroatoms. The molecule has 23 heavy (non-hydrogen) atoms. The Morgan fingerprint density at radius 2 is 1.78 bits per heavy atom. The Balaban J connectivity index is 2.24. The van der Waals surface area contributed by atoms with Gasteiger partial charge >= 0.3 is 0 Å². The number of nitrogens with one attached hydrogen (secondary N) is 1. The number of sulfone groups is 1. The van der Waals surface area contributed by atoms with Crippen LogP contribution in [0.25, 0.3) is 0 Å². The largest absolute Gasteiger partial charge is 0.323 e. The monoisotopic (exact) mass is 375 g/mol. The van der Waals surface area contributed by atoms with Crippen LogP contribution < -0.4 is 5.32 Å². The predicted octanol–water partition coefficient (Wildman–Crippen LogP) is 3.72. The van der Waals surface area contributed by atoms with E-state index in [0.29, 0.717) is 15.6 Å². The van der Waals surface area contributed by atoms with Gasteiger partial charge in [0.25, 0.3) is 0 Å². The quantitative estimate of drug-likeness (QED) is 0.828. The van der Waals surface area contributed by atoms with Crippen LogP contribution in [0.4, 0.5) is 10.1 Å². The Labute approximate surface area is 143 Å². The molecule has 1 N–H and O–H groups in total. The molecule has 0 atom stereocenters. The predicted molar refractivity (Wildman–Crippen MR) is 88.3 cm³/mol. The number of hydrogen-bond acceptors (Lipinski definition) is 3. The lowest BCUT2D eigenvalue weighted by Crippen LogP contribution is -2.16. The highest BCUT2D eigenvalue weighted by molar-refractivity contribution is 7.90. The van der Waals surface area contributed by atoms with Crippen molar-refractivity contribution in [3.05, 3.63) is 57.8 Å². The molecule has 4 nitrogen and oxygen atoms in total. The van der Waals surface area contributed by atoms with E-state index in [0.717, 1.165) is 24.5 Å². The van der Waals surface area contributed by atoms with E-state index < -0.39 is 21.6 Å². The van der Waals surface area contributed by atoms with Crippen LogP contribution in [0.15, 0.2) is 41.3 Å². The van der Waals surface area contributed by atoms with Crippen molar-refractivity contribution in [1.29, 1.82) is 0 Å². The topological polar surface area (TPSA) is 63.2 Å². The molecule has 0 radical (unpaired) electrons. The summed E-state index contributed by atoms with van der Waals surface area (Å²) in [4.78, 5) is 12.0. The van der Waals surface area contributed by atoms with E-state index in [1.807, 2.05) is 0 Å². The molecule has 0 spiro atoms. The summed E-state index contributed by atoms with van der Waals surface area (Å²) in [7, 11) is -3.51. The fourth-order valence-corrected chi connectivity index (χ4v) is 3.07. The minimum Gasteiger partial charge on any atom is -0.323 e. The zero-order chi connectivity index (χ0) is 17.2. The highest BCUT2D eigenvalue weighted by Crippen LogP contribution is 2.25. The number of amides is 1. The van der Waals surface area contributed by atoms with E-state index in [-0.39, 0.29) is 17.0 Å². The summed E-state index contributed by atoms with van der Waals surface area (Å²) in [5.74, 6) is -1.31. The van der Waals surface area contributed by atoms with Crippen molar-refractivity contribution in [2.45, 2.75) is 11.3 Å². The molecule has 0 aliphatic rings. The van der Waals surface area contributed by atoms with Gasteiger partial charge in [0.05, 0.1) is 17.0 Å². The summed E-state index contributed by atoms with van der Waals surface area (Å²) in [6, 6.07) is 7.99. The van der Waals surface area contributed by atoms with Crippen molar-refractivity contribution in [2.75, 3.05) is 11.6 Å². The maximum Gasteiger partial charge on any atom is 0.228 e. The molecule has 2 rings (SSSR count). The van der Waals surface area contributed by atoms with Crippen molar-refractivity contribution in [3.8, 4) is 0 Å². The van der Waals surface area contributed by atoms with E-state index >= 15 is 0 Å². The molecule has 0 saturated carbocycles. The second kappa shape index (κ2) is 6.86. The number of benzene rings is 2. The lowest BCUT2D eigenvalue weighted by atomic mass is 10.1. The summed E-state index contributed by atoms with van der Waals surface area (Å²) in [5.41, 5.74) is 0.189. The summed E-state index contributed by atoms with van der Waals surface area (Å²) in [6.45, 7) is 0. The van der Waals surface area contributed by atoms with Crippen LogP contribution in [-0.2, 0) is 21.1 Å². The van der Waals surface area contributed by atoms with Crippen LogP contribution in [0.5, 0.6) is 0 Å². The van der Waals surface area contributed by atoms with Crippen LogP contribution in [0.1, 0.15) is 5.56 Å². The van der Waals surface area contributed by atoms with E-state index in [4.69, 9.17) is 23.2 Å². The first kappa shape index (κ1) is 17.7. The average molecular weight is 376 g/mol. The van der Waals surface area contributed by atoms with Crippen molar-refractivity contribution in [3.63, 3.8) is 0 Å². The van der Waals surface area contributed by atoms with Crippen molar-refractivity contribution in [2.24, 2.45) is 0 Å². The second-order valence-corrected chi connectivity index (χ2v) is 7.67. The Bertz CT molecular complexity index is 849. The Kier molecular flexibility index (Phi) is 5.29. The minimum atomic E-state index is -3.51. The van der Waals surface area contributed by atoms with Gasteiger partial charge in [0, 0.05) is 16.3 Å². The molecule has 2 aromatic rings. The summed E-state index contributed by atoms with van der Waals surface area (Å²) < 4.78 is 36.7. The van der Waals surface area contributed by atoms with Gasteiger partial charge < -0.3 is 5.32 Å². The molecule has 0 saturated heterocycles. The minimum absolute atomic E-state index is 0.0926. The molecule has 1 amide bonds. The maximum atomic E-state index is 13.8. The zero-order valence-electron chi connectivity index (χ0n) is 11.9. The molecule has 0 aliphatic heterocycles. The number of rotatable bonds is 4. The lowest BCUT2D eigenvalue weighted by Gasteiger charge is -2.10. The van der Waals surface area contributed by atoms with Gasteiger partial charge in [-0.25, -0.2) is 12.8 Å². The fraction of sp³-hybridized carbons (Fsp3) is 0.133. The third kappa shape index (κ3) is 4.43. The van der Waals surface area contributed by atoms with Gasteiger partial charge in [-0.3, -0.25) is 4.79 Å². The van der Waals surface area contributed by atoms with Crippen LogP contribution in [0, 0.1) is 5.82 Å². The fourth-order valence-electron chi connectivity index (χ4n) is 1.89. The standard InChI is InChI=1S/C15H12Cl2FNO3S/c1-23(21,22)9-5-6-13(18)14(7-9)19-15(20)8-10-11(16)3-2-4-12(10)17/h2-7H,8H2,1H3,(H,19,20). The second-order valence-electron chi connectivity index (χ2n) is 4.84. The van der Waals surface area contributed by atoms with Gasteiger partial charge in [-0.1, -0.05) is 29.3 Å². The third-order valence-electron chi connectivity index (χ3n) is 3.04. The molecule has 2 aromatic carbocycles. The number of carbonyl (C=O) groups excluding carboxylic acids is 1. The van der Waals surface area contributed by atoms with Crippen LogP contribution >= 0.6 is 23.2 Å². The molecule has 122 valence electrons. The maximum absolute atomic E-state index is 13.8. The number of anilines is 1. The van der Waals surface area contributed by atoms with Crippen molar-refractivity contribution in [1.82, 2.24) is 0 Å². The Morgan fingerprint density at radius 1 is 1.17 bits per heavy atom. The molecular formula is C15H12Cl2FNO3S. The van der Waals surface area contributed by atoms with E-state index in [2.05, 4.69) is 5.32 Å². The number of carbonyl (C=O) groups is 1. The lowest BCUT2D eigenvalue weighted by molar-refractivity contribution is -0.115. The van der Waals surface area contributed by atoms with Crippen molar-refractivity contribution < 1.29 is 17.6 Å². The molecule has 0 fully saturated rings. The first-order chi connectivity index (χ1) is 10.7. The summed E-state index contributed by atoms with van der Waals surface area (Å²) in [5, 5.41) is 2.97. The van der Waals surface area contributed by atoms with Gasteiger partial charge in [0.2, 0.25) is 5.91 Å². The SMILES string of the molecule is CS(=O)(=O)c1ccc(F)c(NC(=O)Cc2c(Cl)cccc2Cl)c1. The highest BCUT2D eigenvalue weighted by atomic mass is 35.5. The van der Waals surface area contributed by atoms with Crippen LogP contribution in [0.3, 0.4) is 0 Å². The molecular weight excluding hydrogens is 364 g/mol. The van der Waals surface area contributed by atoms with Crippen molar-refractivity contribution >= 4 is 44.6 Å². The Hall–Kier alpha value is -1.63. The summed E-state index contributed by atoms with van der Waals surface area (Å²) in [6.07, 6.45) is 0.830. The number of halogens is 3. The molecule has 0 aliphatic carbocycles. The summed E-state index contributed by atoms with van der Waals surface area (Å²) >= 11 is 12.0. The smallest absolute Gasteiger partial charge is 0.228 e.